The molecular weight excluding hydrogens is 472 g/mol. The second kappa shape index (κ2) is 10.8. The number of hydrogen-bond acceptors (Lipinski definition) is 7. The molecule has 1 amide bonds. The van der Waals surface area contributed by atoms with Gasteiger partial charge < -0.3 is 10.1 Å². The lowest BCUT2D eigenvalue weighted by molar-refractivity contribution is -0.113. The highest BCUT2D eigenvalue weighted by atomic mass is 32.2. The van der Waals surface area contributed by atoms with Crippen molar-refractivity contribution in [2.45, 2.75) is 18.2 Å². The van der Waals surface area contributed by atoms with Gasteiger partial charge >= 0.3 is 5.97 Å². The van der Waals surface area contributed by atoms with Crippen LogP contribution in [0.4, 0.5) is 5.00 Å². The van der Waals surface area contributed by atoms with Crippen LogP contribution < -0.4 is 5.32 Å². The molecule has 0 radical (unpaired) electrons. The second-order valence-electron chi connectivity index (χ2n) is 7.14. The van der Waals surface area contributed by atoms with Gasteiger partial charge in [-0.2, -0.15) is 0 Å². The third-order valence-corrected chi connectivity index (χ3v) is 7.68. The van der Waals surface area contributed by atoms with Gasteiger partial charge in [0.1, 0.15) is 10.6 Å². The summed E-state index contributed by atoms with van der Waals surface area (Å²) in [6, 6.07) is 17.8. The number of anilines is 1. The lowest BCUT2D eigenvalue weighted by Crippen LogP contribution is -2.16. The van der Waals surface area contributed by atoms with Gasteiger partial charge in [0.05, 0.1) is 18.1 Å². The average molecular weight is 495 g/mol. The first kappa shape index (κ1) is 23.2. The van der Waals surface area contributed by atoms with Crippen molar-refractivity contribution in [3.8, 4) is 22.4 Å². The minimum Gasteiger partial charge on any atom is -0.462 e. The Labute approximate surface area is 204 Å². The standard InChI is InChI=1S/C25H22N2O3S3/c1-3-30-24(29)22-19(17-7-5-4-6-8-17)13-31-23(22)27-21(28)15-33-25-26-20(14-32-25)18-11-9-16(2)10-12-18/h4-14H,3,15H2,1-2H3,(H,27,28). The van der Waals surface area contributed by atoms with Crippen molar-refractivity contribution in [3.05, 3.63) is 76.5 Å². The van der Waals surface area contributed by atoms with E-state index in [9.17, 15) is 9.59 Å². The highest BCUT2D eigenvalue weighted by Gasteiger charge is 2.23. The molecule has 0 saturated carbocycles. The monoisotopic (exact) mass is 494 g/mol. The van der Waals surface area contributed by atoms with E-state index < -0.39 is 5.97 Å². The molecule has 2 aromatic carbocycles. The van der Waals surface area contributed by atoms with E-state index in [4.69, 9.17) is 4.74 Å². The fraction of sp³-hybridized carbons (Fsp3) is 0.160. The number of amides is 1. The summed E-state index contributed by atoms with van der Waals surface area (Å²) in [5.74, 6) is -0.441. The van der Waals surface area contributed by atoms with E-state index in [2.05, 4.69) is 29.4 Å². The summed E-state index contributed by atoms with van der Waals surface area (Å²) >= 11 is 4.21. The number of thiophene rings is 1. The average Bonchev–Trinajstić information content (AvgIpc) is 3.46. The predicted octanol–water partition coefficient (Wildman–Crippen LogP) is 6.75. The number of nitrogens with one attached hydrogen (secondary N) is 1. The van der Waals surface area contributed by atoms with E-state index in [0.29, 0.717) is 10.6 Å². The molecule has 33 heavy (non-hydrogen) atoms. The van der Waals surface area contributed by atoms with Crippen molar-refractivity contribution in [2.24, 2.45) is 0 Å². The molecule has 4 aromatic rings. The molecule has 0 spiro atoms. The van der Waals surface area contributed by atoms with Crippen molar-refractivity contribution in [1.82, 2.24) is 4.98 Å². The first-order valence-corrected chi connectivity index (χ1v) is 13.1. The topological polar surface area (TPSA) is 68.3 Å². The summed E-state index contributed by atoms with van der Waals surface area (Å²) < 4.78 is 6.08. The number of thiazole rings is 1. The van der Waals surface area contributed by atoms with Crippen molar-refractivity contribution in [3.63, 3.8) is 0 Å². The van der Waals surface area contributed by atoms with Gasteiger partial charge in [-0.1, -0.05) is 71.9 Å². The Kier molecular flexibility index (Phi) is 7.59. The summed E-state index contributed by atoms with van der Waals surface area (Å²) in [5, 5.41) is 7.26. The third-order valence-electron chi connectivity index (χ3n) is 4.77. The number of carbonyl (C=O) groups is 2. The maximum atomic E-state index is 12.7. The quantitative estimate of drug-likeness (QED) is 0.217. The van der Waals surface area contributed by atoms with Crippen molar-refractivity contribution < 1.29 is 14.3 Å². The van der Waals surface area contributed by atoms with Gasteiger partial charge in [0, 0.05) is 21.9 Å². The smallest absolute Gasteiger partial charge is 0.341 e. The minimum absolute atomic E-state index is 0.195. The number of aryl methyl sites for hydroxylation is 1. The van der Waals surface area contributed by atoms with E-state index in [1.165, 1.54) is 40.0 Å². The van der Waals surface area contributed by atoms with Crippen LogP contribution >= 0.6 is 34.4 Å². The van der Waals surface area contributed by atoms with Crippen molar-refractivity contribution in [1.29, 1.82) is 0 Å². The Hall–Kier alpha value is -2.94. The molecular formula is C25H22N2O3S3. The van der Waals surface area contributed by atoms with E-state index in [0.717, 1.165) is 26.7 Å². The Balaban J connectivity index is 1.45. The van der Waals surface area contributed by atoms with Crippen LogP contribution in [-0.4, -0.2) is 29.2 Å². The largest absolute Gasteiger partial charge is 0.462 e. The fourth-order valence-electron chi connectivity index (χ4n) is 3.16. The molecule has 0 aliphatic carbocycles. The van der Waals surface area contributed by atoms with Crippen LogP contribution in [0.1, 0.15) is 22.8 Å². The number of nitrogens with zero attached hydrogens (tertiary/aromatic N) is 1. The number of rotatable bonds is 8. The van der Waals surface area contributed by atoms with Crippen LogP contribution in [-0.2, 0) is 9.53 Å². The molecule has 2 aromatic heterocycles. The normalized spacial score (nSPS) is 10.7. The lowest BCUT2D eigenvalue weighted by Gasteiger charge is -2.08. The number of carbonyl (C=O) groups excluding carboxylic acids is 2. The molecule has 168 valence electrons. The highest BCUT2D eigenvalue weighted by molar-refractivity contribution is 8.01. The van der Waals surface area contributed by atoms with E-state index >= 15 is 0 Å². The molecule has 1 N–H and O–H groups in total. The van der Waals surface area contributed by atoms with E-state index in [1.807, 2.05) is 53.2 Å². The van der Waals surface area contributed by atoms with Crippen molar-refractivity contribution >= 4 is 51.3 Å². The first-order chi connectivity index (χ1) is 16.0. The number of benzene rings is 2. The van der Waals surface area contributed by atoms with Gasteiger partial charge in [-0.15, -0.1) is 22.7 Å². The molecule has 4 rings (SSSR count). The zero-order valence-corrected chi connectivity index (χ0v) is 20.6. The van der Waals surface area contributed by atoms with Gasteiger partial charge in [-0.25, -0.2) is 9.78 Å². The molecule has 0 aliphatic rings. The van der Waals surface area contributed by atoms with Crippen LogP contribution in [0.25, 0.3) is 22.4 Å². The Morgan fingerprint density at radius 1 is 1.00 bits per heavy atom. The van der Waals surface area contributed by atoms with Crippen LogP contribution in [0.5, 0.6) is 0 Å². The maximum Gasteiger partial charge on any atom is 0.341 e. The van der Waals surface area contributed by atoms with Gasteiger partial charge in [-0.3, -0.25) is 4.79 Å². The zero-order chi connectivity index (χ0) is 23.2. The molecule has 0 unspecified atom stereocenters. The summed E-state index contributed by atoms with van der Waals surface area (Å²) in [6.45, 7) is 4.08. The van der Waals surface area contributed by atoms with Gasteiger partial charge in [0.25, 0.3) is 0 Å². The van der Waals surface area contributed by atoms with Gasteiger partial charge in [0.15, 0.2) is 4.34 Å². The first-order valence-electron chi connectivity index (χ1n) is 10.3. The van der Waals surface area contributed by atoms with Crippen LogP contribution in [0.2, 0.25) is 0 Å². The number of ether oxygens (including phenoxy) is 1. The van der Waals surface area contributed by atoms with Crippen LogP contribution in [0.15, 0.2) is 69.7 Å². The number of aromatic nitrogens is 1. The molecule has 5 nitrogen and oxygen atoms in total. The molecule has 0 atom stereocenters. The third kappa shape index (κ3) is 5.71. The van der Waals surface area contributed by atoms with E-state index in [-0.39, 0.29) is 18.3 Å². The summed E-state index contributed by atoms with van der Waals surface area (Å²) in [6.07, 6.45) is 0. The summed E-state index contributed by atoms with van der Waals surface area (Å²) in [7, 11) is 0. The maximum absolute atomic E-state index is 12.7. The lowest BCUT2D eigenvalue weighted by atomic mass is 10.0. The minimum atomic E-state index is -0.441. The van der Waals surface area contributed by atoms with Crippen molar-refractivity contribution in [2.75, 3.05) is 17.7 Å². The highest BCUT2D eigenvalue weighted by Crippen LogP contribution is 2.36. The van der Waals surface area contributed by atoms with Crippen LogP contribution in [0, 0.1) is 6.92 Å². The number of thioether (sulfide) groups is 1. The van der Waals surface area contributed by atoms with Gasteiger partial charge in [0.2, 0.25) is 5.91 Å². The van der Waals surface area contributed by atoms with Crippen LogP contribution in [0.3, 0.4) is 0 Å². The second-order valence-corrected chi connectivity index (χ2v) is 10.1. The fourth-order valence-corrected chi connectivity index (χ4v) is 5.77. The number of esters is 1. The molecule has 0 aliphatic heterocycles. The predicted molar refractivity (Wildman–Crippen MR) is 137 cm³/mol. The van der Waals surface area contributed by atoms with Gasteiger partial charge in [-0.05, 0) is 19.4 Å². The Bertz CT molecular complexity index is 1250. The number of hydrogen-bond donors (Lipinski definition) is 1. The molecule has 0 saturated heterocycles. The SMILES string of the molecule is CCOC(=O)c1c(-c2ccccc2)csc1NC(=O)CSc1nc(-c2ccc(C)cc2)cs1. The zero-order valence-electron chi connectivity index (χ0n) is 18.2. The summed E-state index contributed by atoms with van der Waals surface area (Å²) in [5.41, 5.74) is 5.20. The molecule has 0 bridgehead atoms. The van der Waals surface area contributed by atoms with E-state index in [1.54, 1.807) is 6.92 Å². The molecule has 2 heterocycles. The molecule has 0 fully saturated rings. The molecule has 8 heteroatoms. The Morgan fingerprint density at radius 3 is 2.48 bits per heavy atom. The Morgan fingerprint density at radius 2 is 1.76 bits per heavy atom. The summed E-state index contributed by atoms with van der Waals surface area (Å²) in [4.78, 5) is 30.0.